The first-order chi connectivity index (χ1) is 42.7. The molecular formula is C71H83NO17. The van der Waals surface area contributed by atoms with Crippen molar-refractivity contribution in [3.63, 3.8) is 0 Å². The number of esters is 6. The molecule has 0 saturated heterocycles. The van der Waals surface area contributed by atoms with Gasteiger partial charge in [0.25, 0.3) is 0 Å². The lowest BCUT2D eigenvalue weighted by atomic mass is 9.65. The lowest BCUT2D eigenvalue weighted by molar-refractivity contribution is -0.171. The normalized spacial score (nSPS) is 13.6. The first kappa shape index (κ1) is 69.2. The van der Waals surface area contributed by atoms with E-state index >= 15 is 0 Å². The van der Waals surface area contributed by atoms with Gasteiger partial charge in [0, 0.05) is 49.1 Å². The fraction of sp³-hybridized carbons (Fsp3) is 0.423. The summed E-state index contributed by atoms with van der Waals surface area (Å²) in [6.45, 7) is 12.9. The molecule has 0 aliphatic heterocycles. The van der Waals surface area contributed by atoms with Crippen molar-refractivity contribution in [2.75, 3.05) is 64.2 Å². The van der Waals surface area contributed by atoms with Gasteiger partial charge in [0.2, 0.25) is 5.78 Å². The van der Waals surface area contributed by atoms with Crippen LogP contribution in [0.4, 0.5) is 5.69 Å². The molecule has 6 rings (SSSR count). The smallest absolute Gasteiger partial charge is 0.347 e. The molecule has 89 heavy (non-hydrogen) atoms. The van der Waals surface area contributed by atoms with Crippen molar-refractivity contribution in [1.82, 2.24) is 0 Å². The number of anilines is 1. The average Bonchev–Trinajstić information content (AvgIpc) is 2.64. The first-order valence-electron chi connectivity index (χ1n) is 30.5. The maximum Gasteiger partial charge on any atom is 0.347 e. The van der Waals surface area contributed by atoms with Crippen LogP contribution in [-0.4, -0.2) is 107 Å². The zero-order chi connectivity index (χ0) is 64.4. The van der Waals surface area contributed by atoms with E-state index in [0.29, 0.717) is 29.5 Å². The third kappa shape index (κ3) is 20.9. The number of unbranched alkanes of at least 4 members (excludes halogenated alkanes) is 3. The highest BCUT2D eigenvalue weighted by molar-refractivity contribution is 6.30. The van der Waals surface area contributed by atoms with Gasteiger partial charge >= 0.3 is 41.4 Å². The zero-order valence-electron chi connectivity index (χ0n) is 52.2. The summed E-state index contributed by atoms with van der Waals surface area (Å²) in [5.74, 6) is -4.61. The molecule has 18 heteroatoms. The van der Waals surface area contributed by atoms with E-state index in [1.165, 1.54) is 24.3 Å². The van der Waals surface area contributed by atoms with Gasteiger partial charge in [-0.05, 0) is 138 Å². The van der Waals surface area contributed by atoms with E-state index in [-0.39, 0.29) is 101 Å². The molecule has 0 bridgehead atoms. The van der Waals surface area contributed by atoms with Gasteiger partial charge in [0.05, 0.1) is 34.0 Å². The number of benzene rings is 4. The van der Waals surface area contributed by atoms with Crippen molar-refractivity contribution >= 4 is 76.2 Å². The second-order valence-corrected chi connectivity index (χ2v) is 23.2. The fourth-order valence-corrected chi connectivity index (χ4v) is 10.4. The molecule has 0 spiro atoms. The van der Waals surface area contributed by atoms with Crippen LogP contribution in [0, 0.1) is 16.2 Å². The molecular weight excluding hydrogens is 1140 g/mol. The number of carbonyl (C=O) groups is 8. The van der Waals surface area contributed by atoms with E-state index in [1.54, 1.807) is 89.2 Å². The summed E-state index contributed by atoms with van der Waals surface area (Å²) in [6, 6.07) is 30.0. The number of hydrogen-bond acceptors (Lipinski definition) is 18. The highest BCUT2D eigenvalue weighted by atomic mass is 16.6. The van der Waals surface area contributed by atoms with Crippen molar-refractivity contribution in [2.24, 2.45) is 16.2 Å². The van der Waals surface area contributed by atoms with Crippen molar-refractivity contribution in [1.29, 1.82) is 0 Å². The van der Waals surface area contributed by atoms with Gasteiger partial charge in [-0.15, -0.1) is 0 Å². The third-order valence-corrected chi connectivity index (χ3v) is 15.3. The molecule has 0 N–H and O–H groups in total. The maximum atomic E-state index is 14.1. The number of ether oxygens (including phenoxy) is 7. The molecule has 1 aliphatic carbocycles. The van der Waals surface area contributed by atoms with Gasteiger partial charge in [-0.25, -0.2) is 14.4 Å². The van der Waals surface area contributed by atoms with Gasteiger partial charge < -0.3 is 42.5 Å². The molecule has 0 radical (unpaired) electrons. The highest BCUT2D eigenvalue weighted by Gasteiger charge is 2.50. The van der Waals surface area contributed by atoms with Crippen LogP contribution in [0.25, 0.3) is 23.1 Å². The molecule has 0 amide bonds. The second-order valence-electron chi connectivity index (χ2n) is 23.2. The van der Waals surface area contributed by atoms with E-state index in [0.717, 1.165) is 61.2 Å². The molecule has 2 atom stereocenters. The van der Waals surface area contributed by atoms with E-state index in [2.05, 4.69) is 18.7 Å². The highest BCUT2D eigenvalue weighted by Crippen LogP contribution is 2.46. The summed E-state index contributed by atoms with van der Waals surface area (Å²) >= 11 is 0. The Morgan fingerprint density at radius 2 is 1.24 bits per heavy atom. The third-order valence-electron chi connectivity index (χ3n) is 15.3. The Kier molecular flexibility index (Phi) is 26.4. The Labute approximate surface area is 520 Å². The summed E-state index contributed by atoms with van der Waals surface area (Å²) in [6.07, 6.45) is 12.9. The SMILES string of the molecule is CCCCN(CCCC)c1ccc2c(c1)CC(=O)C(C(=O)c1cc3ccc(OCCCCC(=O)OCCOC(=O)C(C)(C)CC(C)(CC(C)(CC)C(=O)OCCOC(=O)/C=C/C=C/c4ccccc4)C(=O)OCCOC(=O)c4ccccc4)cc3oc1=O)=C2. The number of hydrogen-bond donors (Lipinski definition) is 0. The fourth-order valence-electron chi connectivity index (χ4n) is 10.4. The standard InChI is InChI=1S/C71H83NO17/c1-8-11-34-72(35-12-9-2)55-32-30-52-44-57(59(73)46-54(52)43-55)63(76)58-45-53-31-33-56(47-60(53)89-65(58)78)82-36-22-21-29-62(75)83-37-40-86-66(79)69(4,5)48-71(7,68(81)88-42-39-85-64(77)51-26-17-14-18-27-51)49-70(6,10-3)67(80)87-41-38-84-61(74)28-20-19-25-50-23-15-13-16-24-50/h13-20,23-28,30-33,43-45,47H,8-12,21-22,29,34-42,46,48-49H2,1-7H3/b25-19+,28-20+. The average molecular weight is 1220 g/mol. The Morgan fingerprint density at radius 3 is 1.91 bits per heavy atom. The molecule has 4 aromatic carbocycles. The van der Waals surface area contributed by atoms with Crippen LogP contribution >= 0.6 is 0 Å². The summed E-state index contributed by atoms with van der Waals surface area (Å²) < 4.78 is 44.1. The molecule has 1 heterocycles. The first-order valence-corrected chi connectivity index (χ1v) is 30.5. The number of fused-ring (bicyclic) bond motifs is 2. The Hall–Kier alpha value is -8.93. The largest absolute Gasteiger partial charge is 0.493 e. The molecule has 18 nitrogen and oxygen atoms in total. The van der Waals surface area contributed by atoms with Crippen molar-refractivity contribution < 1.29 is 75.9 Å². The molecule has 474 valence electrons. The van der Waals surface area contributed by atoms with Crippen LogP contribution in [-0.2, 0) is 63.6 Å². The monoisotopic (exact) mass is 1220 g/mol. The Morgan fingerprint density at radius 1 is 0.607 bits per heavy atom. The van der Waals surface area contributed by atoms with Crippen molar-refractivity contribution in [3.05, 3.63) is 165 Å². The van der Waals surface area contributed by atoms with Crippen LogP contribution in [0.5, 0.6) is 5.75 Å². The minimum Gasteiger partial charge on any atom is -0.493 e. The Balaban J connectivity index is 0.955. The summed E-state index contributed by atoms with van der Waals surface area (Å²) in [7, 11) is 0. The lowest BCUT2D eigenvalue weighted by Crippen LogP contribution is -2.44. The molecule has 0 fully saturated rings. The van der Waals surface area contributed by atoms with E-state index < -0.39 is 63.5 Å². The van der Waals surface area contributed by atoms with Crippen molar-refractivity contribution in [3.8, 4) is 5.75 Å². The van der Waals surface area contributed by atoms with Crippen LogP contribution in [0.2, 0.25) is 0 Å². The van der Waals surface area contributed by atoms with E-state index in [1.807, 2.05) is 54.6 Å². The van der Waals surface area contributed by atoms with Gasteiger partial charge in [0.1, 0.15) is 56.5 Å². The quantitative estimate of drug-likeness (QED) is 0.00530. The summed E-state index contributed by atoms with van der Waals surface area (Å²) in [4.78, 5) is 122. The van der Waals surface area contributed by atoms with Crippen LogP contribution < -0.4 is 15.3 Å². The van der Waals surface area contributed by atoms with Gasteiger partial charge in [0.15, 0.2) is 5.78 Å². The minimum absolute atomic E-state index is 0.0366. The maximum absolute atomic E-state index is 14.1. The second kappa shape index (κ2) is 34.0. The molecule has 1 aromatic heterocycles. The van der Waals surface area contributed by atoms with E-state index in [9.17, 15) is 43.2 Å². The van der Waals surface area contributed by atoms with Crippen molar-refractivity contribution in [2.45, 2.75) is 119 Å². The van der Waals surface area contributed by atoms with Crippen LogP contribution in [0.1, 0.15) is 150 Å². The topological polar surface area (TPSA) is 235 Å². The number of allylic oxidation sites excluding steroid dienone is 3. The molecule has 5 aromatic rings. The number of ketones is 2. The van der Waals surface area contributed by atoms with Gasteiger partial charge in [-0.1, -0.05) is 106 Å². The predicted molar refractivity (Wildman–Crippen MR) is 337 cm³/mol. The number of Topliss-reactive ketones (excluding diaryl/α,β-unsaturated/α-hetero) is 2. The molecule has 1 aliphatic rings. The van der Waals surface area contributed by atoms with Gasteiger partial charge in [-0.2, -0.15) is 0 Å². The Bertz CT molecular complexity index is 3410. The number of carbonyl (C=O) groups excluding carboxylic acids is 8. The number of nitrogens with zero attached hydrogens (tertiary/aromatic N) is 1. The summed E-state index contributed by atoms with van der Waals surface area (Å²) in [5.41, 5.74) is -1.27. The molecule has 0 saturated carbocycles. The minimum atomic E-state index is -1.52. The zero-order valence-corrected chi connectivity index (χ0v) is 52.2. The van der Waals surface area contributed by atoms with Crippen LogP contribution in [0.3, 0.4) is 0 Å². The summed E-state index contributed by atoms with van der Waals surface area (Å²) in [5, 5.41) is 0.461. The predicted octanol–water partition coefficient (Wildman–Crippen LogP) is 12.2. The van der Waals surface area contributed by atoms with Gasteiger partial charge in [-0.3, -0.25) is 28.8 Å². The van der Waals surface area contributed by atoms with E-state index in [4.69, 9.17) is 37.6 Å². The van der Waals surface area contributed by atoms with Crippen LogP contribution in [0.15, 0.2) is 136 Å². The lowest BCUT2D eigenvalue weighted by Gasteiger charge is -2.39. The molecule has 2 unspecified atom stereocenters. The number of rotatable bonds is 36.